The predicted octanol–water partition coefficient (Wildman–Crippen LogP) is 2.13. The van der Waals surface area contributed by atoms with E-state index in [-0.39, 0.29) is 0 Å². The molecule has 0 saturated heterocycles. The molecule has 5 nitrogen and oxygen atoms in total. The Balaban J connectivity index is 1.82. The second kappa shape index (κ2) is 4.61. The monoisotopic (exact) mass is 254 g/mol. The minimum absolute atomic E-state index is 0.412. The summed E-state index contributed by atoms with van der Waals surface area (Å²) in [5.41, 5.74) is 8.28. The van der Waals surface area contributed by atoms with E-state index >= 15 is 0 Å². The van der Waals surface area contributed by atoms with Crippen molar-refractivity contribution in [3.8, 4) is 5.75 Å². The zero-order chi connectivity index (χ0) is 13.2. The smallest absolute Gasteiger partial charge is 0.147 e. The highest BCUT2D eigenvalue weighted by Crippen LogP contribution is 2.17. The van der Waals surface area contributed by atoms with E-state index in [9.17, 15) is 0 Å². The number of rotatable bonds is 3. The Bertz CT molecular complexity index is 703. The number of nitrogen functional groups attached to an aromatic ring is 1. The average Bonchev–Trinajstić information content (AvgIpc) is 2.76. The fraction of sp³-hybridized carbons (Fsp3) is 0.143. The molecule has 2 heterocycles. The number of hydrogen-bond donors (Lipinski definition) is 1. The highest BCUT2D eigenvalue weighted by Gasteiger charge is 2.07. The van der Waals surface area contributed by atoms with Crippen LogP contribution < -0.4 is 10.5 Å². The molecule has 0 radical (unpaired) electrons. The molecule has 96 valence electrons. The van der Waals surface area contributed by atoms with Crippen LogP contribution in [0.4, 0.5) is 5.69 Å². The summed E-state index contributed by atoms with van der Waals surface area (Å²) in [6.45, 7) is 0.412. The minimum atomic E-state index is 0.412. The summed E-state index contributed by atoms with van der Waals surface area (Å²) in [6, 6.07) is 9.26. The SMILES string of the molecule is Cn1c(COc2ccc(N)cc2)nc2cnccc21. The van der Waals surface area contributed by atoms with E-state index in [1.165, 1.54) is 0 Å². The van der Waals surface area contributed by atoms with Gasteiger partial charge in [0.1, 0.15) is 23.7 Å². The van der Waals surface area contributed by atoms with E-state index < -0.39 is 0 Å². The number of nitrogens with two attached hydrogens (primary N) is 1. The molecule has 0 atom stereocenters. The third-order valence-corrected chi connectivity index (χ3v) is 3.02. The van der Waals surface area contributed by atoms with E-state index in [0.717, 1.165) is 28.3 Å². The summed E-state index contributed by atoms with van der Waals surface area (Å²) in [7, 11) is 1.97. The van der Waals surface area contributed by atoms with Gasteiger partial charge in [0.2, 0.25) is 0 Å². The first-order valence-electron chi connectivity index (χ1n) is 5.98. The quantitative estimate of drug-likeness (QED) is 0.727. The first-order valence-corrected chi connectivity index (χ1v) is 5.98. The lowest BCUT2D eigenvalue weighted by Gasteiger charge is -2.06. The van der Waals surface area contributed by atoms with Crippen LogP contribution >= 0.6 is 0 Å². The summed E-state index contributed by atoms with van der Waals surface area (Å²) in [6.07, 6.45) is 3.51. The Morgan fingerprint density at radius 2 is 2.00 bits per heavy atom. The number of anilines is 1. The molecular formula is C14H14N4O. The normalized spacial score (nSPS) is 10.8. The van der Waals surface area contributed by atoms with Crippen molar-refractivity contribution in [1.82, 2.24) is 14.5 Å². The average molecular weight is 254 g/mol. The van der Waals surface area contributed by atoms with Gasteiger partial charge >= 0.3 is 0 Å². The lowest BCUT2D eigenvalue weighted by atomic mass is 10.3. The Hall–Kier alpha value is -2.56. The van der Waals surface area contributed by atoms with Crippen molar-refractivity contribution in [3.05, 3.63) is 48.5 Å². The molecule has 0 fully saturated rings. The summed E-state index contributed by atoms with van der Waals surface area (Å²) in [5.74, 6) is 1.64. The molecule has 0 spiro atoms. The summed E-state index contributed by atoms with van der Waals surface area (Å²) >= 11 is 0. The maximum atomic E-state index is 5.70. The molecule has 2 aromatic heterocycles. The Kier molecular flexibility index (Phi) is 2.79. The third-order valence-electron chi connectivity index (χ3n) is 3.02. The van der Waals surface area contributed by atoms with E-state index in [2.05, 4.69) is 9.97 Å². The number of pyridine rings is 1. The summed E-state index contributed by atoms with van der Waals surface area (Å²) in [4.78, 5) is 8.56. The first kappa shape index (κ1) is 11.5. The molecule has 0 saturated carbocycles. The second-order valence-corrected chi connectivity index (χ2v) is 4.31. The molecule has 0 unspecified atom stereocenters. The van der Waals surface area contributed by atoms with E-state index in [4.69, 9.17) is 10.5 Å². The maximum Gasteiger partial charge on any atom is 0.147 e. The molecule has 0 aliphatic rings. The molecule has 0 amide bonds. The number of aromatic nitrogens is 3. The molecule has 0 aliphatic heterocycles. The molecule has 0 bridgehead atoms. The van der Waals surface area contributed by atoms with Gasteiger partial charge in [0.15, 0.2) is 0 Å². The second-order valence-electron chi connectivity index (χ2n) is 4.31. The summed E-state index contributed by atoms with van der Waals surface area (Å²) in [5, 5.41) is 0. The van der Waals surface area contributed by atoms with Crippen LogP contribution in [-0.2, 0) is 13.7 Å². The zero-order valence-corrected chi connectivity index (χ0v) is 10.6. The number of ether oxygens (including phenoxy) is 1. The van der Waals surface area contributed by atoms with Crippen molar-refractivity contribution in [3.63, 3.8) is 0 Å². The lowest BCUT2D eigenvalue weighted by Crippen LogP contribution is -2.03. The fourth-order valence-corrected chi connectivity index (χ4v) is 1.94. The van der Waals surface area contributed by atoms with Gasteiger partial charge in [0.05, 0.1) is 11.7 Å². The number of imidazole rings is 1. The molecule has 2 N–H and O–H groups in total. The minimum Gasteiger partial charge on any atom is -0.486 e. The highest BCUT2D eigenvalue weighted by atomic mass is 16.5. The van der Waals surface area contributed by atoms with Gasteiger partial charge in [0, 0.05) is 18.9 Å². The maximum absolute atomic E-state index is 5.70. The van der Waals surface area contributed by atoms with E-state index in [1.807, 2.05) is 41.9 Å². The van der Waals surface area contributed by atoms with Crippen molar-refractivity contribution < 1.29 is 4.74 Å². The highest BCUT2D eigenvalue weighted by molar-refractivity contribution is 5.74. The van der Waals surface area contributed by atoms with Crippen LogP contribution in [0.3, 0.4) is 0 Å². The van der Waals surface area contributed by atoms with Crippen LogP contribution in [-0.4, -0.2) is 14.5 Å². The third kappa shape index (κ3) is 2.22. The van der Waals surface area contributed by atoms with Crippen LogP contribution in [0.5, 0.6) is 5.75 Å². The van der Waals surface area contributed by atoms with Crippen LogP contribution in [0.25, 0.3) is 11.0 Å². The Morgan fingerprint density at radius 1 is 1.21 bits per heavy atom. The number of hydrogen-bond acceptors (Lipinski definition) is 4. The zero-order valence-electron chi connectivity index (χ0n) is 10.6. The topological polar surface area (TPSA) is 66.0 Å². The van der Waals surface area contributed by atoms with Gasteiger partial charge in [-0.1, -0.05) is 0 Å². The van der Waals surface area contributed by atoms with Gasteiger partial charge in [-0.2, -0.15) is 0 Å². The van der Waals surface area contributed by atoms with Gasteiger partial charge in [-0.3, -0.25) is 4.98 Å². The van der Waals surface area contributed by atoms with Crippen molar-refractivity contribution in [1.29, 1.82) is 0 Å². The van der Waals surface area contributed by atoms with E-state index in [1.54, 1.807) is 12.4 Å². The van der Waals surface area contributed by atoms with Crippen molar-refractivity contribution in [2.24, 2.45) is 7.05 Å². The van der Waals surface area contributed by atoms with E-state index in [0.29, 0.717) is 6.61 Å². The number of fused-ring (bicyclic) bond motifs is 1. The van der Waals surface area contributed by atoms with Crippen LogP contribution in [0, 0.1) is 0 Å². The van der Waals surface area contributed by atoms with Gasteiger partial charge in [-0.15, -0.1) is 0 Å². The summed E-state index contributed by atoms with van der Waals surface area (Å²) < 4.78 is 7.71. The molecule has 3 aromatic rings. The molecule has 0 aliphatic carbocycles. The van der Waals surface area contributed by atoms with Gasteiger partial charge in [-0.25, -0.2) is 4.98 Å². The van der Waals surface area contributed by atoms with Crippen LogP contribution in [0.2, 0.25) is 0 Å². The van der Waals surface area contributed by atoms with Gasteiger partial charge in [-0.05, 0) is 30.3 Å². The Morgan fingerprint density at radius 3 is 2.74 bits per heavy atom. The molecule has 1 aromatic carbocycles. The van der Waals surface area contributed by atoms with Crippen molar-refractivity contribution in [2.45, 2.75) is 6.61 Å². The predicted molar refractivity (Wildman–Crippen MR) is 73.7 cm³/mol. The molecule has 5 heteroatoms. The lowest BCUT2D eigenvalue weighted by molar-refractivity contribution is 0.292. The first-order chi connectivity index (χ1) is 9.24. The molecule has 19 heavy (non-hydrogen) atoms. The number of benzene rings is 1. The Labute approximate surface area is 110 Å². The van der Waals surface area contributed by atoms with Gasteiger partial charge < -0.3 is 15.0 Å². The standard InChI is InChI=1S/C14H14N4O/c1-18-13-6-7-16-8-12(13)17-14(18)9-19-11-4-2-10(15)3-5-11/h2-8H,9,15H2,1H3. The largest absolute Gasteiger partial charge is 0.486 e. The molecular weight excluding hydrogens is 240 g/mol. The number of aryl methyl sites for hydroxylation is 1. The van der Waals surface area contributed by atoms with Crippen LogP contribution in [0.1, 0.15) is 5.82 Å². The molecule has 3 rings (SSSR count). The van der Waals surface area contributed by atoms with Crippen LogP contribution in [0.15, 0.2) is 42.7 Å². The fourth-order valence-electron chi connectivity index (χ4n) is 1.94. The van der Waals surface area contributed by atoms with Crippen molar-refractivity contribution >= 4 is 16.7 Å². The van der Waals surface area contributed by atoms with Crippen molar-refractivity contribution in [2.75, 3.05) is 5.73 Å². The number of nitrogens with zero attached hydrogens (tertiary/aromatic N) is 3. The van der Waals surface area contributed by atoms with Gasteiger partial charge in [0.25, 0.3) is 0 Å².